The maximum absolute atomic E-state index is 6.44. The van der Waals surface area contributed by atoms with Gasteiger partial charge in [0, 0.05) is 55.5 Å². The fraction of sp³-hybridized carbons (Fsp3) is 0.400. The van der Waals surface area contributed by atoms with Gasteiger partial charge >= 0.3 is 0 Å². The number of aromatic nitrogens is 3. The van der Waals surface area contributed by atoms with Crippen LogP contribution in [0, 0.1) is 0 Å². The molecule has 3 heterocycles. The average Bonchev–Trinajstić information content (AvgIpc) is 2.88. The Morgan fingerprint density at radius 2 is 1.68 bits per heavy atom. The molecule has 2 aromatic heterocycles. The van der Waals surface area contributed by atoms with Crippen LogP contribution in [-0.2, 0) is 6.54 Å². The molecule has 9 heteroatoms. The van der Waals surface area contributed by atoms with Gasteiger partial charge in [0.2, 0.25) is 5.95 Å². The molecule has 2 N–H and O–H groups in total. The van der Waals surface area contributed by atoms with E-state index in [9.17, 15) is 0 Å². The van der Waals surface area contributed by atoms with Crippen LogP contribution in [0.2, 0.25) is 5.02 Å². The van der Waals surface area contributed by atoms with E-state index in [1.807, 2.05) is 38.1 Å². The van der Waals surface area contributed by atoms with Crippen molar-refractivity contribution in [1.82, 2.24) is 19.9 Å². The van der Waals surface area contributed by atoms with E-state index in [1.54, 1.807) is 29.8 Å². The summed E-state index contributed by atoms with van der Waals surface area (Å²) in [6.45, 7) is 7.64. The van der Waals surface area contributed by atoms with Crippen LogP contribution in [0.5, 0.6) is 11.5 Å². The van der Waals surface area contributed by atoms with E-state index in [-0.39, 0.29) is 6.04 Å². The van der Waals surface area contributed by atoms with E-state index in [1.165, 1.54) is 0 Å². The third kappa shape index (κ3) is 5.75. The molecule has 1 aromatic carbocycles. The summed E-state index contributed by atoms with van der Waals surface area (Å²) in [5, 5.41) is 2.23. The van der Waals surface area contributed by atoms with Crippen molar-refractivity contribution in [3.05, 3.63) is 59.6 Å². The number of nitrogens with two attached hydrogens (primary N) is 1. The van der Waals surface area contributed by atoms with Gasteiger partial charge in [-0.25, -0.2) is 15.8 Å². The van der Waals surface area contributed by atoms with E-state index in [0.29, 0.717) is 35.7 Å². The SMILES string of the molecule is CCOc1cc(CN2CCC(N(N)c3ncc(-c4cccnc4)cn3)CC2)cc(OCC)c1Cl. The van der Waals surface area contributed by atoms with E-state index in [2.05, 4.69) is 19.9 Å². The van der Waals surface area contributed by atoms with Crippen molar-refractivity contribution in [2.45, 2.75) is 39.3 Å². The number of likely N-dealkylation sites (tertiary alicyclic amines) is 1. The fourth-order valence-electron chi connectivity index (χ4n) is 4.15. The highest BCUT2D eigenvalue weighted by atomic mass is 35.5. The number of ether oxygens (including phenoxy) is 2. The Morgan fingerprint density at radius 3 is 2.24 bits per heavy atom. The van der Waals surface area contributed by atoms with Crippen LogP contribution in [0.15, 0.2) is 49.1 Å². The number of rotatable bonds is 9. The molecule has 3 aromatic rings. The Bertz CT molecular complexity index is 1030. The molecule has 0 radical (unpaired) electrons. The van der Waals surface area contributed by atoms with Gasteiger partial charge in [0.15, 0.2) is 0 Å². The zero-order chi connectivity index (χ0) is 23.9. The topological polar surface area (TPSA) is 89.6 Å². The summed E-state index contributed by atoms with van der Waals surface area (Å²) < 4.78 is 11.4. The molecule has 0 bridgehead atoms. The summed E-state index contributed by atoms with van der Waals surface area (Å²) >= 11 is 6.44. The predicted molar refractivity (Wildman–Crippen MR) is 134 cm³/mol. The van der Waals surface area contributed by atoms with E-state index in [0.717, 1.165) is 49.2 Å². The lowest BCUT2D eigenvalue weighted by atomic mass is 10.0. The normalized spacial score (nSPS) is 14.7. The smallest absolute Gasteiger partial charge is 0.240 e. The second-order valence-electron chi connectivity index (χ2n) is 8.20. The minimum atomic E-state index is 0.184. The maximum atomic E-state index is 6.44. The molecule has 1 aliphatic heterocycles. The second-order valence-corrected chi connectivity index (χ2v) is 8.58. The highest BCUT2D eigenvalue weighted by Gasteiger charge is 2.25. The van der Waals surface area contributed by atoms with Crippen LogP contribution < -0.4 is 20.3 Å². The number of anilines is 1. The lowest BCUT2D eigenvalue weighted by Crippen LogP contribution is -2.48. The highest BCUT2D eigenvalue weighted by molar-refractivity contribution is 6.33. The van der Waals surface area contributed by atoms with Gasteiger partial charge in [-0.1, -0.05) is 17.7 Å². The van der Waals surface area contributed by atoms with Crippen LogP contribution in [0.3, 0.4) is 0 Å². The quantitative estimate of drug-likeness (QED) is 0.356. The van der Waals surface area contributed by atoms with Crippen molar-refractivity contribution >= 4 is 17.5 Å². The molecule has 180 valence electrons. The third-order valence-corrected chi connectivity index (χ3v) is 6.26. The van der Waals surface area contributed by atoms with Gasteiger partial charge in [-0.05, 0) is 50.5 Å². The molecule has 0 amide bonds. The molecular formula is C25H31ClN6O2. The number of hydrazine groups is 1. The lowest BCUT2D eigenvalue weighted by molar-refractivity contribution is 0.200. The molecule has 0 aliphatic carbocycles. The molecule has 0 atom stereocenters. The van der Waals surface area contributed by atoms with Gasteiger partial charge in [0.1, 0.15) is 16.5 Å². The highest BCUT2D eigenvalue weighted by Crippen LogP contribution is 2.36. The number of piperidine rings is 1. The summed E-state index contributed by atoms with van der Waals surface area (Å²) in [6, 6.07) is 8.08. The van der Waals surface area contributed by atoms with Gasteiger partial charge in [-0.2, -0.15) is 0 Å². The Labute approximate surface area is 205 Å². The lowest BCUT2D eigenvalue weighted by Gasteiger charge is -2.36. The zero-order valence-corrected chi connectivity index (χ0v) is 20.4. The molecule has 0 unspecified atom stereocenters. The molecule has 0 saturated carbocycles. The van der Waals surface area contributed by atoms with Gasteiger partial charge in [-0.15, -0.1) is 0 Å². The average molecular weight is 483 g/mol. The fourth-order valence-corrected chi connectivity index (χ4v) is 4.37. The van der Waals surface area contributed by atoms with E-state index in [4.69, 9.17) is 26.9 Å². The minimum absolute atomic E-state index is 0.184. The number of benzene rings is 1. The molecule has 8 nitrogen and oxygen atoms in total. The summed E-state index contributed by atoms with van der Waals surface area (Å²) in [5.74, 6) is 8.28. The van der Waals surface area contributed by atoms with Crippen molar-refractivity contribution in [1.29, 1.82) is 0 Å². The molecule has 1 fully saturated rings. The van der Waals surface area contributed by atoms with Crippen molar-refractivity contribution in [3.63, 3.8) is 0 Å². The largest absolute Gasteiger partial charge is 0.492 e. The van der Waals surface area contributed by atoms with Crippen molar-refractivity contribution in [3.8, 4) is 22.6 Å². The van der Waals surface area contributed by atoms with Gasteiger partial charge < -0.3 is 9.47 Å². The van der Waals surface area contributed by atoms with Crippen molar-refractivity contribution in [2.24, 2.45) is 5.84 Å². The van der Waals surface area contributed by atoms with Crippen LogP contribution in [0.1, 0.15) is 32.3 Å². The molecular weight excluding hydrogens is 452 g/mol. The summed E-state index contributed by atoms with van der Waals surface area (Å²) in [4.78, 5) is 15.5. The Hall–Kier alpha value is -2.94. The van der Waals surface area contributed by atoms with Crippen LogP contribution >= 0.6 is 11.6 Å². The molecule has 4 rings (SSSR count). The van der Waals surface area contributed by atoms with Gasteiger partial charge in [0.25, 0.3) is 0 Å². The monoisotopic (exact) mass is 482 g/mol. The Balaban J connectivity index is 1.36. The third-order valence-electron chi connectivity index (χ3n) is 5.89. The number of nitrogens with zero attached hydrogens (tertiary/aromatic N) is 5. The Morgan fingerprint density at radius 1 is 1.03 bits per heavy atom. The predicted octanol–water partition coefficient (Wildman–Crippen LogP) is 4.33. The Kier molecular flexibility index (Phi) is 8.16. The van der Waals surface area contributed by atoms with Crippen LogP contribution in [0.4, 0.5) is 5.95 Å². The summed E-state index contributed by atoms with van der Waals surface area (Å²) in [6.07, 6.45) is 8.98. The first-order valence-corrected chi connectivity index (χ1v) is 12.0. The first kappa shape index (κ1) is 24.2. The molecule has 1 aliphatic rings. The first-order valence-electron chi connectivity index (χ1n) is 11.7. The molecule has 34 heavy (non-hydrogen) atoms. The second kappa shape index (κ2) is 11.5. The standard InChI is InChI=1S/C25H31ClN6O2/c1-3-33-22-12-18(13-23(24(22)26)34-4-2)17-31-10-7-21(8-11-31)32(27)25-29-15-20(16-30-25)19-6-5-9-28-14-19/h5-6,9,12-16,21H,3-4,7-8,10-11,17,27H2,1-2H3. The van der Waals surface area contributed by atoms with E-state index >= 15 is 0 Å². The van der Waals surface area contributed by atoms with Crippen LogP contribution in [0.25, 0.3) is 11.1 Å². The summed E-state index contributed by atoms with van der Waals surface area (Å²) in [5.41, 5.74) is 3.02. The van der Waals surface area contributed by atoms with Gasteiger partial charge in [0.05, 0.1) is 19.3 Å². The zero-order valence-electron chi connectivity index (χ0n) is 19.7. The minimum Gasteiger partial charge on any atom is -0.492 e. The first-order chi connectivity index (χ1) is 16.6. The maximum Gasteiger partial charge on any atom is 0.240 e. The number of hydrogen-bond donors (Lipinski definition) is 1. The number of hydrogen-bond acceptors (Lipinski definition) is 8. The van der Waals surface area contributed by atoms with Gasteiger partial charge in [-0.3, -0.25) is 14.9 Å². The molecule has 1 saturated heterocycles. The van der Waals surface area contributed by atoms with Crippen molar-refractivity contribution in [2.75, 3.05) is 31.3 Å². The molecule has 0 spiro atoms. The van der Waals surface area contributed by atoms with Crippen LogP contribution in [-0.4, -0.2) is 52.2 Å². The van der Waals surface area contributed by atoms with E-state index < -0.39 is 0 Å². The number of halogens is 1. The van der Waals surface area contributed by atoms with Crippen molar-refractivity contribution < 1.29 is 9.47 Å². The summed E-state index contributed by atoms with van der Waals surface area (Å²) in [7, 11) is 0. The number of pyridine rings is 1.